The first-order valence-electron chi connectivity index (χ1n) is 15.9. The van der Waals surface area contributed by atoms with E-state index in [4.69, 9.17) is 14.2 Å². The molecule has 0 radical (unpaired) electrons. The number of hydrogen-bond acceptors (Lipinski definition) is 7. The second-order valence-corrected chi connectivity index (χ2v) is 13.7. The highest BCUT2D eigenvalue weighted by Crippen LogP contribution is 2.46. The largest absolute Gasteiger partial charge is 0.496 e. The standard InChI is InChI=1S/C36H39F3N4O5/c1-18(2)29-30(19(3)12-13-40-29)43-31-22(14-24(38)27(28(31)39)26-23(37)10-9-11-25(26)46-8)32-33(34(43)44)47-17-21-16-41(20(4)15-42(21)32)35(45)48-36(5,6)7/h9-14,18,20-21H,15-17H2,1-8H3/t20-,21-/m1/s1. The fourth-order valence-corrected chi connectivity index (χ4v) is 6.70. The molecule has 6 rings (SSSR count). The van der Waals surface area contributed by atoms with Crippen molar-refractivity contribution < 1.29 is 32.2 Å². The van der Waals surface area contributed by atoms with E-state index in [-0.39, 0.29) is 59.7 Å². The van der Waals surface area contributed by atoms with Gasteiger partial charge >= 0.3 is 6.09 Å². The summed E-state index contributed by atoms with van der Waals surface area (Å²) in [5.41, 5.74) is -1.05. The van der Waals surface area contributed by atoms with E-state index < -0.39 is 51.9 Å². The molecule has 2 atom stereocenters. The monoisotopic (exact) mass is 664 g/mol. The van der Waals surface area contributed by atoms with Crippen molar-refractivity contribution in [2.24, 2.45) is 0 Å². The van der Waals surface area contributed by atoms with Crippen LogP contribution in [0.1, 0.15) is 58.7 Å². The Morgan fingerprint density at radius 3 is 2.46 bits per heavy atom. The molecule has 4 heterocycles. The van der Waals surface area contributed by atoms with E-state index in [1.54, 1.807) is 44.9 Å². The number of hydrogen-bond donors (Lipinski definition) is 0. The van der Waals surface area contributed by atoms with Gasteiger partial charge in [-0.3, -0.25) is 14.3 Å². The first-order chi connectivity index (χ1) is 22.6. The summed E-state index contributed by atoms with van der Waals surface area (Å²) in [5.74, 6) is -3.42. The molecule has 48 heavy (non-hydrogen) atoms. The van der Waals surface area contributed by atoms with E-state index in [9.17, 15) is 9.59 Å². The number of aryl methyl sites for hydroxylation is 1. The minimum atomic E-state index is -1.14. The highest BCUT2D eigenvalue weighted by molar-refractivity contribution is 6.00. The van der Waals surface area contributed by atoms with Crippen LogP contribution >= 0.6 is 0 Å². The van der Waals surface area contributed by atoms with Crippen LogP contribution in [-0.2, 0) is 4.74 Å². The second kappa shape index (κ2) is 12.1. The first-order valence-corrected chi connectivity index (χ1v) is 15.9. The van der Waals surface area contributed by atoms with Crippen LogP contribution in [0.25, 0.3) is 27.7 Å². The minimum Gasteiger partial charge on any atom is -0.496 e. The third-order valence-corrected chi connectivity index (χ3v) is 8.83. The molecule has 0 bridgehead atoms. The topological polar surface area (TPSA) is 86.1 Å². The van der Waals surface area contributed by atoms with Crippen molar-refractivity contribution in [1.82, 2.24) is 14.5 Å². The van der Waals surface area contributed by atoms with E-state index in [1.807, 2.05) is 25.7 Å². The van der Waals surface area contributed by atoms with Crippen molar-refractivity contribution in [3.05, 3.63) is 75.6 Å². The van der Waals surface area contributed by atoms with Gasteiger partial charge in [0.1, 0.15) is 29.6 Å². The number of benzene rings is 2. The lowest BCUT2D eigenvalue weighted by Gasteiger charge is -2.48. The fourth-order valence-electron chi connectivity index (χ4n) is 6.70. The predicted octanol–water partition coefficient (Wildman–Crippen LogP) is 7.12. The maximum absolute atomic E-state index is 17.3. The molecule has 1 fully saturated rings. The molecule has 0 unspecified atom stereocenters. The van der Waals surface area contributed by atoms with Crippen molar-refractivity contribution in [1.29, 1.82) is 0 Å². The quantitative estimate of drug-likeness (QED) is 0.230. The lowest BCUT2D eigenvalue weighted by Crippen LogP contribution is -2.62. The molecule has 9 nitrogen and oxygen atoms in total. The van der Waals surface area contributed by atoms with Gasteiger partial charge in [0.15, 0.2) is 5.82 Å². The van der Waals surface area contributed by atoms with Gasteiger partial charge < -0.3 is 24.0 Å². The van der Waals surface area contributed by atoms with Gasteiger partial charge in [-0.15, -0.1) is 0 Å². The van der Waals surface area contributed by atoms with Gasteiger partial charge in [0.05, 0.1) is 46.9 Å². The summed E-state index contributed by atoms with van der Waals surface area (Å²) < 4.78 is 67.4. The van der Waals surface area contributed by atoms with Gasteiger partial charge in [0.2, 0.25) is 5.75 Å². The number of anilines is 1. The molecule has 254 valence electrons. The molecular formula is C36H39F3N4O5. The van der Waals surface area contributed by atoms with Gasteiger partial charge in [-0.05, 0) is 70.4 Å². The van der Waals surface area contributed by atoms with Gasteiger partial charge in [0.25, 0.3) is 5.56 Å². The maximum Gasteiger partial charge on any atom is 0.410 e. The van der Waals surface area contributed by atoms with Crippen molar-refractivity contribution in [2.45, 2.75) is 72.1 Å². The van der Waals surface area contributed by atoms with Gasteiger partial charge in [-0.2, -0.15) is 0 Å². The summed E-state index contributed by atoms with van der Waals surface area (Å²) in [4.78, 5) is 35.8. The number of aromatic nitrogens is 2. The maximum atomic E-state index is 17.3. The predicted molar refractivity (Wildman–Crippen MR) is 177 cm³/mol. The molecule has 2 aromatic heterocycles. The van der Waals surface area contributed by atoms with Crippen LogP contribution in [0.2, 0.25) is 0 Å². The Morgan fingerprint density at radius 2 is 1.79 bits per heavy atom. The van der Waals surface area contributed by atoms with Gasteiger partial charge in [0, 0.05) is 30.7 Å². The number of ether oxygens (including phenoxy) is 3. The van der Waals surface area contributed by atoms with Crippen LogP contribution in [0, 0.1) is 24.4 Å². The molecule has 2 aliphatic rings. The number of halogens is 3. The molecule has 2 aromatic carbocycles. The summed E-state index contributed by atoms with van der Waals surface area (Å²) in [5, 5.41) is 0.0548. The van der Waals surface area contributed by atoms with E-state index >= 15 is 13.2 Å². The smallest absolute Gasteiger partial charge is 0.410 e. The molecule has 1 amide bonds. The number of methoxy groups -OCH3 is 1. The second-order valence-electron chi connectivity index (χ2n) is 13.7. The summed E-state index contributed by atoms with van der Waals surface area (Å²) in [7, 11) is 1.28. The average Bonchev–Trinajstić information content (AvgIpc) is 3.01. The molecule has 12 heteroatoms. The molecular weight excluding hydrogens is 625 g/mol. The number of pyridine rings is 2. The van der Waals surface area contributed by atoms with E-state index in [2.05, 4.69) is 4.98 Å². The Kier molecular flexibility index (Phi) is 8.33. The minimum absolute atomic E-state index is 0.0400. The zero-order valence-electron chi connectivity index (χ0n) is 28.3. The normalized spacial score (nSPS) is 17.7. The van der Waals surface area contributed by atoms with Crippen molar-refractivity contribution >= 4 is 22.7 Å². The number of carbonyl (C=O) groups is 1. The highest BCUT2D eigenvalue weighted by atomic mass is 19.1. The van der Waals surface area contributed by atoms with Gasteiger partial charge in [-0.1, -0.05) is 19.9 Å². The number of rotatable bonds is 4. The number of carbonyl (C=O) groups excluding carboxylic acids is 1. The van der Waals surface area contributed by atoms with Crippen molar-refractivity contribution in [2.75, 3.05) is 31.7 Å². The number of nitrogens with zero attached hydrogens (tertiary/aromatic N) is 4. The summed E-state index contributed by atoms with van der Waals surface area (Å²) in [6.07, 6.45) is 1.12. The summed E-state index contributed by atoms with van der Waals surface area (Å²) >= 11 is 0. The lowest BCUT2D eigenvalue weighted by molar-refractivity contribution is 0.00992. The molecule has 0 spiro atoms. The average molecular weight is 665 g/mol. The third kappa shape index (κ3) is 5.40. The van der Waals surface area contributed by atoms with Crippen LogP contribution in [0.4, 0.5) is 23.7 Å². The SMILES string of the molecule is COc1cccc(F)c1-c1c(F)cc2c3c(c(=O)n(-c4c(C)ccnc4C(C)C)c2c1F)OC[C@H]1CN(C(=O)OC(C)(C)C)[C@H](C)CN31. The number of amides is 1. The van der Waals surface area contributed by atoms with E-state index in [1.165, 1.54) is 23.8 Å². The third-order valence-electron chi connectivity index (χ3n) is 8.83. The van der Waals surface area contributed by atoms with Crippen molar-refractivity contribution in [3.63, 3.8) is 0 Å². The Labute approximate surface area is 276 Å². The molecule has 0 aliphatic carbocycles. The first kappa shape index (κ1) is 33.2. The number of fused-ring (bicyclic) bond motifs is 5. The lowest BCUT2D eigenvalue weighted by atomic mass is 9.96. The van der Waals surface area contributed by atoms with Crippen LogP contribution in [0.3, 0.4) is 0 Å². The molecule has 2 aliphatic heterocycles. The van der Waals surface area contributed by atoms with Crippen LogP contribution in [0.15, 0.2) is 41.3 Å². The van der Waals surface area contributed by atoms with E-state index in [0.717, 1.165) is 12.1 Å². The van der Waals surface area contributed by atoms with Crippen molar-refractivity contribution in [3.8, 4) is 28.3 Å². The highest BCUT2D eigenvalue weighted by Gasteiger charge is 2.43. The van der Waals surface area contributed by atoms with Crippen LogP contribution in [0.5, 0.6) is 11.5 Å². The Bertz CT molecular complexity index is 2010. The Balaban J connectivity index is 1.67. The molecule has 0 saturated carbocycles. The molecule has 0 N–H and O–H groups in total. The van der Waals surface area contributed by atoms with Crippen LogP contribution in [-0.4, -0.2) is 65.0 Å². The van der Waals surface area contributed by atoms with Gasteiger partial charge in [-0.25, -0.2) is 18.0 Å². The molecule has 4 aromatic rings. The summed E-state index contributed by atoms with van der Waals surface area (Å²) in [6, 6.07) is 5.86. The zero-order valence-corrected chi connectivity index (χ0v) is 28.3. The molecule has 1 saturated heterocycles. The summed E-state index contributed by atoms with van der Waals surface area (Å²) in [6.45, 7) is 13.2. The van der Waals surface area contributed by atoms with E-state index in [0.29, 0.717) is 16.9 Å². The zero-order chi connectivity index (χ0) is 34.8. The van der Waals surface area contributed by atoms with Crippen LogP contribution < -0.4 is 19.9 Å². The Morgan fingerprint density at radius 1 is 1.06 bits per heavy atom. The fraction of sp³-hybridized carbons (Fsp3) is 0.417. The Hall–Kier alpha value is -4.74. The number of piperazine rings is 1.